The normalized spacial score (nSPS) is 24.7. The summed E-state index contributed by atoms with van der Waals surface area (Å²) >= 11 is 6.00. The second kappa shape index (κ2) is 4.61. The number of benzene rings is 1. The molecule has 1 saturated heterocycles. The van der Waals surface area contributed by atoms with Crippen molar-refractivity contribution in [3.8, 4) is 0 Å². The lowest BCUT2D eigenvalue weighted by Crippen LogP contribution is -2.35. The monoisotopic (exact) mass is 273 g/mol. The maximum Gasteiger partial charge on any atom is 0.507 e. The van der Waals surface area contributed by atoms with E-state index in [1.165, 1.54) is 6.66 Å². The molecule has 0 bridgehead atoms. The molecule has 2 unspecified atom stereocenters. The van der Waals surface area contributed by atoms with Crippen molar-refractivity contribution in [1.29, 1.82) is 0 Å². The molecule has 0 spiro atoms. The molecular formula is C10H11ClN2O3P+. The Bertz CT molecular complexity index is 456. The lowest BCUT2D eigenvalue weighted by molar-refractivity contribution is -0.126. The van der Waals surface area contributed by atoms with Crippen molar-refractivity contribution in [2.75, 3.05) is 18.2 Å². The number of alkyl halides is 1. The molecule has 1 N–H and O–H groups in total. The SMILES string of the molecule is C[P+](=O)OC1(Cl)CN(c2ccccc2)NC1=O. The zero-order chi connectivity index (χ0) is 12.5. The highest BCUT2D eigenvalue weighted by atomic mass is 35.5. The number of amides is 1. The molecule has 17 heavy (non-hydrogen) atoms. The van der Waals surface area contributed by atoms with Gasteiger partial charge in [-0.15, -0.1) is 4.52 Å². The van der Waals surface area contributed by atoms with Gasteiger partial charge in [0.2, 0.25) is 0 Å². The van der Waals surface area contributed by atoms with E-state index in [0.717, 1.165) is 5.69 Å². The van der Waals surface area contributed by atoms with Gasteiger partial charge in [0.15, 0.2) is 6.66 Å². The van der Waals surface area contributed by atoms with Crippen molar-refractivity contribution in [3.63, 3.8) is 0 Å². The van der Waals surface area contributed by atoms with Crippen molar-refractivity contribution in [3.05, 3.63) is 30.3 Å². The van der Waals surface area contributed by atoms with Crippen LogP contribution in [0.2, 0.25) is 0 Å². The molecule has 7 heteroatoms. The number of hydrogen-bond donors (Lipinski definition) is 1. The van der Waals surface area contributed by atoms with Crippen LogP contribution in [0.3, 0.4) is 0 Å². The molecule has 2 atom stereocenters. The number of halogens is 1. The third kappa shape index (κ3) is 2.57. The summed E-state index contributed by atoms with van der Waals surface area (Å²) in [5.74, 6) is -0.506. The smallest absolute Gasteiger partial charge is 0.280 e. The van der Waals surface area contributed by atoms with Crippen molar-refractivity contribution >= 4 is 31.2 Å². The van der Waals surface area contributed by atoms with Crippen LogP contribution in [0.1, 0.15) is 0 Å². The maximum atomic E-state index is 11.7. The molecular weight excluding hydrogens is 263 g/mol. The molecule has 0 radical (unpaired) electrons. The van der Waals surface area contributed by atoms with Gasteiger partial charge in [0, 0.05) is 0 Å². The molecule has 5 nitrogen and oxygen atoms in total. The van der Waals surface area contributed by atoms with Gasteiger partial charge in [-0.2, -0.15) is 0 Å². The van der Waals surface area contributed by atoms with Crippen LogP contribution < -0.4 is 10.4 Å². The van der Waals surface area contributed by atoms with E-state index >= 15 is 0 Å². The van der Waals surface area contributed by atoms with E-state index in [4.69, 9.17) is 16.1 Å². The fraction of sp³-hybridized carbons (Fsp3) is 0.300. The first-order valence-corrected chi connectivity index (χ1v) is 6.94. The number of hydrazine groups is 1. The second-order valence-electron chi connectivity index (χ2n) is 3.62. The molecule has 1 aliphatic heterocycles. The molecule has 1 fully saturated rings. The molecule has 1 heterocycles. The van der Waals surface area contributed by atoms with E-state index in [1.807, 2.05) is 30.3 Å². The number of nitrogens with zero attached hydrogens (tertiary/aromatic N) is 1. The van der Waals surface area contributed by atoms with Crippen LogP contribution in [-0.2, 0) is 13.9 Å². The van der Waals surface area contributed by atoms with Crippen molar-refractivity contribution in [2.24, 2.45) is 0 Å². The van der Waals surface area contributed by atoms with Crippen LogP contribution in [0.4, 0.5) is 5.69 Å². The van der Waals surface area contributed by atoms with Crippen LogP contribution >= 0.6 is 19.6 Å². The van der Waals surface area contributed by atoms with E-state index < -0.39 is 19.0 Å². The fourth-order valence-corrected chi connectivity index (χ4v) is 2.56. The van der Waals surface area contributed by atoms with Crippen LogP contribution in [0, 0.1) is 0 Å². The van der Waals surface area contributed by atoms with Crippen molar-refractivity contribution in [1.82, 2.24) is 5.43 Å². The fourth-order valence-electron chi connectivity index (χ4n) is 1.56. The highest BCUT2D eigenvalue weighted by molar-refractivity contribution is 7.38. The van der Waals surface area contributed by atoms with E-state index in [1.54, 1.807) is 5.01 Å². The Morgan fingerprint density at radius 1 is 1.47 bits per heavy atom. The Morgan fingerprint density at radius 3 is 2.71 bits per heavy atom. The summed E-state index contributed by atoms with van der Waals surface area (Å²) in [6.07, 6.45) is 0. The van der Waals surface area contributed by atoms with Crippen LogP contribution in [0.15, 0.2) is 30.3 Å². The molecule has 1 aromatic carbocycles. The second-order valence-corrected chi connectivity index (χ2v) is 5.29. The van der Waals surface area contributed by atoms with Gasteiger partial charge < -0.3 is 0 Å². The minimum Gasteiger partial charge on any atom is -0.280 e. The summed E-state index contributed by atoms with van der Waals surface area (Å²) in [4.78, 5) is 11.7. The van der Waals surface area contributed by atoms with Crippen molar-refractivity contribution in [2.45, 2.75) is 5.06 Å². The summed E-state index contributed by atoms with van der Waals surface area (Å²) in [5.41, 5.74) is 3.37. The average Bonchev–Trinajstić information content (AvgIpc) is 2.55. The molecule has 1 amide bonds. The number of hydrogen-bond acceptors (Lipinski definition) is 4. The van der Waals surface area contributed by atoms with E-state index in [2.05, 4.69) is 5.43 Å². The summed E-state index contributed by atoms with van der Waals surface area (Å²) in [7, 11) is -1.94. The Hall–Kier alpha value is -1.16. The lowest BCUT2D eigenvalue weighted by atomic mass is 10.3. The number of para-hydroxylation sites is 1. The first-order valence-electron chi connectivity index (χ1n) is 4.94. The number of carbonyl (C=O) groups excluding carboxylic acids is 1. The van der Waals surface area contributed by atoms with E-state index in [0.29, 0.717) is 0 Å². The van der Waals surface area contributed by atoms with Crippen molar-refractivity contribution < 1.29 is 13.9 Å². The minimum atomic E-state index is -1.94. The van der Waals surface area contributed by atoms with E-state index in [-0.39, 0.29) is 6.54 Å². The van der Waals surface area contributed by atoms with Gasteiger partial charge in [0.05, 0.1) is 12.2 Å². The molecule has 1 aromatic rings. The van der Waals surface area contributed by atoms with Gasteiger partial charge in [0.1, 0.15) is 0 Å². The predicted octanol–water partition coefficient (Wildman–Crippen LogP) is 1.86. The summed E-state index contributed by atoms with van der Waals surface area (Å²) < 4.78 is 16.0. The zero-order valence-corrected chi connectivity index (χ0v) is 10.7. The van der Waals surface area contributed by atoms with E-state index in [9.17, 15) is 9.36 Å². The standard InChI is InChI=1S/C10H10ClN2O3P/c1-17(15)16-10(11)7-13(12-9(10)14)8-5-3-2-4-6-8/h2-6H,7H2,1H3/p+1. The van der Waals surface area contributed by atoms with Gasteiger partial charge in [0.25, 0.3) is 11.0 Å². The molecule has 0 aromatic heterocycles. The highest BCUT2D eigenvalue weighted by Gasteiger charge is 2.51. The Balaban J connectivity index is 2.17. The topological polar surface area (TPSA) is 58.6 Å². The number of anilines is 1. The predicted molar refractivity (Wildman–Crippen MR) is 65.1 cm³/mol. The molecule has 0 aliphatic carbocycles. The van der Waals surface area contributed by atoms with Crippen LogP contribution in [0.5, 0.6) is 0 Å². The minimum absolute atomic E-state index is 0.103. The maximum absolute atomic E-state index is 11.7. The first-order chi connectivity index (χ1) is 8.01. The Morgan fingerprint density at radius 2 is 2.12 bits per heavy atom. The summed E-state index contributed by atoms with van der Waals surface area (Å²) in [6.45, 7) is 1.46. The van der Waals surface area contributed by atoms with Gasteiger partial charge in [-0.3, -0.25) is 15.2 Å². The third-order valence-corrected chi connectivity index (χ3v) is 3.32. The van der Waals surface area contributed by atoms with Gasteiger partial charge in [-0.1, -0.05) is 29.8 Å². The molecule has 0 saturated carbocycles. The number of rotatable bonds is 3. The summed E-state index contributed by atoms with van der Waals surface area (Å²) in [6, 6.07) is 9.21. The third-order valence-electron chi connectivity index (χ3n) is 2.28. The lowest BCUT2D eigenvalue weighted by Gasteiger charge is -2.17. The van der Waals surface area contributed by atoms with Gasteiger partial charge >= 0.3 is 8.03 Å². The highest BCUT2D eigenvalue weighted by Crippen LogP contribution is 2.35. The number of nitrogens with one attached hydrogen (secondary N) is 1. The van der Waals surface area contributed by atoms with Crippen LogP contribution in [0.25, 0.3) is 0 Å². The van der Waals surface area contributed by atoms with Crippen LogP contribution in [-0.4, -0.2) is 24.2 Å². The number of carbonyl (C=O) groups is 1. The van der Waals surface area contributed by atoms with Gasteiger partial charge in [-0.25, -0.2) is 0 Å². The molecule has 90 valence electrons. The van der Waals surface area contributed by atoms with Gasteiger partial charge in [-0.05, 0) is 16.7 Å². The molecule has 2 rings (SSSR count). The molecule has 1 aliphatic rings. The Labute approximate surface area is 105 Å². The average molecular weight is 274 g/mol. The largest absolute Gasteiger partial charge is 0.507 e. The summed E-state index contributed by atoms with van der Waals surface area (Å²) in [5, 5.41) is -0.0216. The quantitative estimate of drug-likeness (QED) is 0.675. The zero-order valence-electron chi connectivity index (χ0n) is 9.09. The Kier molecular flexibility index (Phi) is 3.33. The first kappa shape index (κ1) is 12.3.